The van der Waals surface area contributed by atoms with Gasteiger partial charge < -0.3 is 10.4 Å². The zero-order valence-corrected chi connectivity index (χ0v) is 11.6. The van der Waals surface area contributed by atoms with E-state index in [0.29, 0.717) is 19.3 Å². The van der Waals surface area contributed by atoms with Crippen LogP contribution in [0.2, 0.25) is 0 Å². The quantitative estimate of drug-likeness (QED) is 0.898. The van der Waals surface area contributed by atoms with Crippen LogP contribution in [0.4, 0.5) is 8.78 Å². The molecule has 1 amide bonds. The molecule has 3 atom stereocenters. The van der Waals surface area contributed by atoms with E-state index in [1.54, 1.807) is 6.92 Å². The highest BCUT2D eigenvalue weighted by Crippen LogP contribution is 2.31. The van der Waals surface area contributed by atoms with Gasteiger partial charge in [-0.1, -0.05) is 6.07 Å². The second-order valence-electron chi connectivity index (χ2n) is 5.44. The van der Waals surface area contributed by atoms with E-state index in [9.17, 15) is 18.4 Å². The zero-order valence-electron chi connectivity index (χ0n) is 11.6. The first-order valence-electron chi connectivity index (χ1n) is 6.86. The molecule has 0 heterocycles. The summed E-state index contributed by atoms with van der Waals surface area (Å²) in [5.41, 5.74) is 0.206. The van der Waals surface area contributed by atoms with Crippen molar-refractivity contribution in [1.29, 1.82) is 0 Å². The highest BCUT2D eigenvalue weighted by molar-refractivity contribution is 5.81. The van der Waals surface area contributed by atoms with E-state index in [0.717, 1.165) is 12.1 Å². The third-order valence-electron chi connectivity index (χ3n) is 3.94. The van der Waals surface area contributed by atoms with Gasteiger partial charge in [-0.25, -0.2) is 8.78 Å². The molecule has 1 fully saturated rings. The minimum absolute atomic E-state index is 0.206. The predicted octanol–water partition coefficient (Wildman–Crippen LogP) is 2.64. The Morgan fingerprint density at radius 2 is 1.95 bits per heavy atom. The first-order valence-corrected chi connectivity index (χ1v) is 6.86. The van der Waals surface area contributed by atoms with E-state index >= 15 is 0 Å². The summed E-state index contributed by atoms with van der Waals surface area (Å²) < 4.78 is 26.5. The summed E-state index contributed by atoms with van der Waals surface area (Å²) in [6.45, 7) is 1.61. The van der Waals surface area contributed by atoms with E-state index in [1.807, 2.05) is 0 Å². The summed E-state index contributed by atoms with van der Waals surface area (Å²) in [5, 5.41) is 11.6. The first kappa shape index (κ1) is 15.4. The van der Waals surface area contributed by atoms with Crippen LogP contribution < -0.4 is 5.32 Å². The fourth-order valence-corrected chi connectivity index (χ4v) is 2.71. The highest BCUT2D eigenvalue weighted by atomic mass is 19.1. The maximum atomic E-state index is 13.6. The molecule has 2 N–H and O–H groups in total. The van der Waals surface area contributed by atoms with Crippen LogP contribution in [0.1, 0.15) is 37.8 Å². The normalized spacial score (nSPS) is 22.8. The number of aliphatic carboxylic acids is 1. The Labute approximate surface area is 121 Å². The number of carbonyl (C=O) groups excluding carboxylic acids is 1. The molecule has 6 heteroatoms. The van der Waals surface area contributed by atoms with Crippen molar-refractivity contribution in [2.75, 3.05) is 0 Å². The average Bonchev–Trinajstić information content (AvgIpc) is 2.88. The van der Waals surface area contributed by atoms with E-state index in [2.05, 4.69) is 5.32 Å². The molecule has 114 valence electrons. The van der Waals surface area contributed by atoms with Crippen LogP contribution in [0, 0.1) is 23.5 Å². The molecule has 1 aliphatic carbocycles. The number of amides is 1. The molecule has 2 rings (SSSR count). The second-order valence-corrected chi connectivity index (χ2v) is 5.44. The van der Waals surface area contributed by atoms with Gasteiger partial charge in [-0.2, -0.15) is 0 Å². The van der Waals surface area contributed by atoms with Crippen molar-refractivity contribution in [3.63, 3.8) is 0 Å². The summed E-state index contributed by atoms with van der Waals surface area (Å²) in [7, 11) is 0. The third kappa shape index (κ3) is 3.56. The van der Waals surface area contributed by atoms with Gasteiger partial charge in [0.25, 0.3) is 0 Å². The number of nitrogens with one attached hydrogen (secondary N) is 1. The zero-order chi connectivity index (χ0) is 15.6. The summed E-state index contributed by atoms with van der Waals surface area (Å²) in [6, 6.07) is 2.61. The topological polar surface area (TPSA) is 66.4 Å². The number of hydrogen-bond acceptors (Lipinski definition) is 2. The third-order valence-corrected chi connectivity index (χ3v) is 3.94. The van der Waals surface area contributed by atoms with Crippen LogP contribution in [0.15, 0.2) is 18.2 Å². The lowest BCUT2D eigenvalue weighted by molar-refractivity contribution is -0.141. The van der Waals surface area contributed by atoms with Gasteiger partial charge in [-0.3, -0.25) is 9.59 Å². The lowest BCUT2D eigenvalue weighted by Gasteiger charge is -2.18. The fourth-order valence-electron chi connectivity index (χ4n) is 2.71. The van der Waals surface area contributed by atoms with Crippen LogP contribution in [0.3, 0.4) is 0 Å². The lowest BCUT2D eigenvalue weighted by Crippen LogP contribution is -2.32. The van der Waals surface area contributed by atoms with Gasteiger partial charge in [0.2, 0.25) is 5.91 Å². The van der Waals surface area contributed by atoms with E-state index in [1.165, 1.54) is 6.07 Å². The van der Waals surface area contributed by atoms with Crippen molar-refractivity contribution < 1.29 is 23.5 Å². The van der Waals surface area contributed by atoms with Gasteiger partial charge in [-0.15, -0.1) is 0 Å². The molecule has 1 saturated carbocycles. The molecule has 0 spiro atoms. The number of carbonyl (C=O) groups is 2. The number of carboxylic acid groups (broad SMARTS) is 1. The van der Waals surface area contributed by atoms with Gasteiger partial charge >= 0.3 is 5.97 Å². The predicted molar refractivity (Wildman–Crippen MR) is 71.4 cm³/mol. The molecule has 0 bridgehead atoms. The van der Waals surface area contributed by atoms with Gasteiger partial charge in [0, 0.05) is 17.5 Å². The smallest absolute Gasteiger partial charge is 0.306 e. The second kappa shape index (κ2) is 6.20. The minimum atomic E-state index is -0.886. The van der Waals surface area contributed by atoms with Gasteiger partial charge in [-0.05, 0) is 32.3 Å². The summed E-state index contributed by atoms with van der Waals surface area (Å²) >= 11 is 0. The Bertz CT molecular complexity index is 562. The molecular weight excluding hydrogens is 280 g/mol. The minimum Gasteiger partial charge on any atom is -0.481 e. The van der Waals surface area contributed by atoms with E-state index < -0.39 is 29.6 Å². The molecule has 1 aromatic carbocycles. The standard InChI is InChI=1S/C15H17F2NO3/c1-8(12-5-4-11(16)7-13(12)17)18-14(19)9-2-3-10(6-9)15(20)21/h4-5,7-10H,2-3,6H2,1H3,(H,18,19)(H,20,21)/t8?,9-,10+/m1/s1. The number of benzene rings is 1. The molecule has 21 heavy (non-hydrogen) atoms. The van der Waals surface area contributed by atoms with E-state index in [4.69, 9.17) is 5.11 Å². The highest BCUT2D eigenvalue weighted by Gasteiger charge is 2.34. The number of carboxylic acids is 1. The van der Waals surface area contributed by atoms with Gasteiger partial charge in [0.1, 0.15) is 11.6 Å². The SMILES string of the molecule is CC(NC(=O)[C@@H]1CC[C@H](C(=O)O)C1)c1ccc(F)cc1F. The van der Waals surface area contributed by atoms with Crippen LogP contribution in [-0.4, -0.2) is 17.0 Å². The number of halogens is 2. The Morgan fingerprint density at radius 1 is 1.29 bits per heavy atom. The molecule has 0 saturated heterocycles. The van der Waals surface area contributed by atoms with E-state index in [-0.39, 0.29) is 17.4 Å². The van der Waals surface area contributed by atoms with Crippen LogP contribution in [0.5, 0.6) is 0 Å². The molecule has 4 nitrogen and oxygen atoms in total. The Morgan fingerprint density at radius 3 is 2.52 bits per heavy atom. The van der Waals surface area contributed by atoms with Crippen molar-refractivity contribution in [2.45, 2.75) is 32.2 Å². The lowest BCUT2D eigenvalue weighted by atomic mass is 10.0. The summed E-state index contributed by atoms with van der Waals surface area (Å²) in [5.74, 6) is -3.40. The first-order chi connectivity index (χ1) is 9.88. The van der Waals surface area contributed by atoms with Crippen molar-refractivity contribution in [2.24, 2.45) is 11.8 Å². The number of rotatable bonds is 4. The maximum Gasteiger partial charge on any atom is 0.306 e. The summed E-state index contributed by atoms with van der Waals surface area (Å²) in [6.07, 6.45) is 1.30. The van der Waals surface area contributed by atoms with Crippen LogP contribution in [-0.2, 0) is 9.59 Å². The fraction of sp³-hybridized carbons (Fsp3) is 0.467. The molecule has 0 aromatic heterocycles. The van der Waals surface area contributed by atoms with Crippen molar-refractivity contribution in [3.05, 3.63) is 35.4 Å². The molecule has 0 aliphatic heterocycles. The molecule has 1 aliphatic rings. The van der Waals surface area contributed by atoms with Crippen molar-refractivity contribution >= 4 is 11.9 Å². The van der Waals surface area contributed by atoms with Crippen LogP contribution in [0.25, 0.3) is 0 Å². The molecule has 1 aromatic rings. The molecule has 1 unspecified atom stereocenters. The Kier molecular flexibility index (Phi) is 4.55. The average molecular weight is 297 g/mol. The largest absolute Gasteiger partial charge is 0.481 e. The number of hydrogen-bond donors (Lipinski definition) is 2. The van der Waals surface area contributed by atoms with Crippen molar-refractivity contribution in [3.8, 4) is 0 Å². The summed E-state index contributed by atoms with van der Waals surface area (Å²) in [4.78, 5) is 22.9. The van der Waals surface area contributed by atoms with Gasteiger partial charge in [0.15, 0.2) is 0 Å². The Balaban J connectivity index is 1.98. The monoisotopic (exact) mass is 297 g/mol. The van der Waals surface area contributed by atoms with Crippen LogP contribution >= 0.6 is 0 Å². The van der Waals surface area contributed by atoms with Crippen molar-refractivity contribution in [1.82, 2.24) is 5.32 Å². The Hall–Kier alpha value is -1.98. The molecular formula is C15H17F2NO3. The van der Waals surface area contributed by atoms with Gasteiger partial charge in [0.05, 0.1) is 12.0 Å². The maximum absolute atomic E-state index is 13.6. The molecule has 0 radical (unpaired) electrons.